The van der Waals surface area contributed by atoms with Gasteiger partial charge in [0.25, 0.3) is 0 Å². The number of Topliss-reactive ketones (excluding diaryl/α,β-unsaturated/α-hetero) is 1. The zero-order valence-corrected chi connectivity index (χ0v) is 11.6. The highest BCUT2D eigenvalue weighted by atomic mass is 16.5. The molecule has 1 unspecified atom stereocenters. The van der Waals surface area contributed by atoms with Crippen LogP contribution in [0.5, 0.6) is 0 Å². The molecule has 0 radical (unpaired) electrons. The Morgan fingerprint density at radius 3 is 2.78 bits per heavy atom. The maximum atomic E-state index is 12.1. The van der Waals surface area contributed by atoms with Crippen LogP contribution in [0.15, 0.2) is 6.33 Å². The van der Waals surface area contributed by atoms with Crippen molar-refractivity contribution in [2.75, 3.05) is 6.61 Å². The lowest BCUT2D eigenvalue weighted by Gasteiger charge is -2.14. The minimum atomic E-state index is -0.299. The minimum absolute atomic E-state index is 0.101. The molecule has 1 atom stereocenters. The van der Waals surface area contributed by atoms with Gasteiger partial charge in [0.15, 0.2) is 5.78 Å². The van der Waals surface area contributed by atoms with Crippen molar-refractivity contribution in [3.8, 4) is 0 Å². The van der Waals surface area contributed by atoms with Gasteiger partial charge >= 0.3 is 0 Å². The molecule has 0 bridgehead atoms. The third-order valence-electron chi connectivity index (χ3n) is 2.74. The van der Waals surface area contributed by atoms with Gasteiger partial charge in [-0.1, -0.05) is 20.3 Å². The van der Waals surface area contributed by atoms with Crippen LogP contribution in [0.4, 0.5) is 0 Å². The van der Waals surface area contributed by atoms with Crippen LogP contribution in [0.2, 0.25) is 0 Å². The van der Waals surface area contributed by atoms with E-state index in [1.165, 1.54) is 6.33 Å². The third kappa shape index (κ3) is 4.22. The third-order valence-corrected chi connectivity index (χ3v) is 2.74. The number of carbonyl (C=O) groups is 1. The van der Waals surface area contributed by atoms with Crippen molar-refractivity contribution >= 4 is 5.78 Å². The van der Waals surface area contributed by atoms with E-state index in [0.29, 0.717) is 13.0 Å². The molecule has 0 saturated heterocycles. The van der Waals surface area contributed by atoms with E-state index in [0.717, 1.165) is 31.6 Å². The predicted octanol–water partition coefficient (Wildman–Crippen LogP) is 2.00. The summed E-state index contributed by atoms with van der Waals surface area (Å²) in [7, 11) is 0. The Bertz CT molecular complexity index is 357. The molecule has 0 fully saturated rings. The van der Waals surface area contributed by atoms with Crippen LogP contribution in [0.1, 0.15) is 45.9 Å². The Morgan fingerprint density at radius 2 is 2.17 bits per heavy atom. The first-order chi connectivity index (χ1) is 8.72. The molecule has 0 aliphatic rings. The van der Waals surface area contributed by atoms with Crippen molar-refractivity contribution in [2.45, 2.75) is 59.1 Å². The van der Waals surface area contributed by atoms with Crippen molar-refractivity contribution in [1.82, 2.24) is 14.8 Å². The molecule has 0 saturated carbocycles. The SMILES string of the molecule is CCCC(OCC)C(=O)Cc1ncnn1CCC. The van der Waals surface area contributed by atoms with Crippen LogP contribution in [-0.2, 0) is 22.5 Å². The van der Waals surface area contributed by atoms with Crippen LogP contribution in [0, 0.1) is 0 Å². The van der Waals surface area contributed by atoms with E-state index in [4.69, 9.17) is 4.74 Å². The average Bonchev–Trinajstić information content (AvgIpc) is 2.77. The first-order valence-electron chi connectivity index (χ1n) is 6.73. The number of aromatic nitrogens is 3. The first-order valence-corrected chi connectivity index (χ1v) is 6.73. The second kappa shape index (κ2) is 7.97. The molecule has 1 heterocycles. The lowest BCUT2D eigenvalue weighted by molar-refractivity contribution is -0.130. The summed E-state index contributed by atoms with van der Waals surface area (Å²) in [5.41, 5.74) is 0. The first kappa shape index (κ1) is 14.8. The van der Waals surface area contributed by atoms with Crippen LogP contribution >= 0.6 is 0 Å². The highest BCUT2D eigenvalue weighted by Crippen LogP contribution is 2.08. The van der Waals surface area contributed by atoms with Crippen LogP contribution < -0.4 is 0 Å². The molecule has 1 rings (SSSR count). The highest BCUT2D eigenvalue weighted by molar-refractivity contribution is 5.84. The number of hydrogen-bond acceptors (Lipinski definition) is 4. The smallest absolute Gasteiger partial charge is 0.169 e. The van der Waals surface area contributed by atoms with E-state index in [1.807, 2.05) is 6.92 Å². The number of ketones is 1. The van der Waals surface area contributed by atoms with Crippen LogP contribution in [-0.4, -0.2) is 33.3 Å². The second-order valence-corrected chi connectivity index (χ2v) is 4.28. The predicted molar refractivity (Wildman–Crippen MR) is 69.3 cm³/mol. The van der Waals surface area contributed by atoms with Gasteiger partial charge in [0.05, 0.1) is 6.42 Å². The Morgan fingerprint density at radius 1 is 1.39 bits per heavy atom. The van der Waals surface area contributed by atoms with Gasteiger partial charge in [-0.3, -0.25) is 4.79 Å². The molecule has 18 heavy (non-hydrogen) atoms. The Hall–Kier alpha value is -1.23. The molecule has 5 nitrogen and oxygen atoms in total. The zero-order valence-electron chi connectivity index (χ0n) is 11.6. The van der Waals surface area contributed by atoms with E-state index >= 15 is 0 Å². The molecule has 0 aliphatic heterocycles. The van der Waals surface area contributed by atoms with Gasteiger partial charge in [0.2, 0.25) is 0 Å². The fourth-order valence-corrected chi connectivity index (χ4v) is 1.89. The fraction of sp³-hybridized carbons (Fsp3) is 0.769. The van der Waals surface area contributed by atoms with E-state index in [1.54, 1.807) is 4.68 Å². The maximum Gasteiger partial charge on any atom is 0.169 e. The number of rotatable bonds is 9. The van der Waals surface area contributed by atoms with Crippen molar-refractivity contribution < 1.29 is 9.53 Å². The Kier molecular flexibility index (Phi) is 6.57. The minimum Gasteiger partial charge on any atom is -0.371 e. The van der Waals surface area contributed by atoms with Gasteiger partial charge in [0, 0.05) is 13.2 Å². The summed E-state index contributed by atoms with van der Waals surface area (Å²) in [5, 5.41) is 4.12. The lowest BCUT2D eigenvalue weighted by atomic mass is 10.1. The quantitative estimate of drug-likeness (QED) is 0.675. The summed E-state index contributed by atoms with van der Waals surface area (Å²) in [6.45, 7) is 7.41. The van der Waals surface area contributed by atoms with Gasteiger partial charge in [0.1, 0.15) is 18.3 Å². The van der Waals surface area contributed by atoms with Crippen LogP contribution in [0.3, 0.4) is 0 Å². The van der Waals surface area contributed by atoms with E-state index in [9.17, 15) is 4.79 Å². The van der Waals surface area contributed by atoms with Crippen molar-refractivity contribution in [2.24, 2.45) is 0 Å². The molecule has 102 valence electrons. The molecule has 1 aromatic heterocycles. The number of aryl methyl sites for hydroxylation is 1. The van der Waals surface area contributed by atoms with Gasteiger partial charge in [-0.2, -0.15) is 5.10 Å². The number of nitrogens with zero attached hydrogens (tertiary/aromatic N) is 3. The normalized spacial score (nSPS) is 12.6. The average molecular weight is 253 g/mol. The molecule has 0 aliphatic carbocycles. The Balaban J connectivity index is 2.63. The largest absolute Gasteiger partial charge is 0.371 e. The lowest BCUT2D eigenvalue weighted by Crippen LogP contribution is -2.27. The number of hydrogen-bond donors (Lipinski definition) is 0. The molecule has 0 spiro atoms. The molecule has 5 heteroatoms. The summed E-state index contributed by atoms with van der Waals surface area (Å²) >= 11 is 0. The van der Waals surface area contributed by atoms with E-state index in [-0.39, 0.29) is 11.9 Å². The standard InChI is InChI=1S/C13H23N3O2/c1-4-7-12(18-6-3)11(17)9-13-14-10-15-16(13)8-5-2/h10,12H,4-9H2,1-3H3. The summed E-state index contributed by atoms with van der Waals surface area (Å²) in [4.78, 5) is 16.3. The van der Waals surface area contributed by atoms with E-state index in [2.05, 4.69) is 23.9 Å². The molecule has 0 aromatic carbocycles. The topological polar surface area (TPSA) is 57.0 Å². The van der Waals surface area contributed by atoms with Crippen molar-refractivity contribution in [3.63, 3.8) is 0 Å². The zero-order chi connectivity index (χ0) is 13.4. The highest BCUT2D eigenvalue weighted by Gasteiger charge is 2.20. The van der Waals surface area contributed by atoms with Crippen molar-refractivity contribution in [1.29, 1.82) is 0 Å². The van der Waals surface area contributed by atoms with Crippen LogP contribution in [0.25, 0.3) is 0 Å². The summed E-state index contributed by atoms with van der Waals surface area (Å²) in [6, 6.07) is 0. The van der Waals surface area contributed by atoms with Gasteiger partial charge in [-0.05, 0) is 19.8 Å². The van der Waals surface area contributed by atoms with Gasteiger partial charge in [-0.15, -0.1) is 0 Å². The monoisotopic (exact) mass is 253 g/mol. The summed E-state index contributed by atoms with van der Waals surface area (Å²) in [5.74, 6) is 0.840. The second-order valence-electron chi connectivity index (χ2n) is 4.28. The molecular weight excluding hydrogens is 230 g/mol. The summed E-state index contributed by atoms with van der Waals surface area (Å²) in [6.07, 6.45) is 4.21. The van der Waals surface area contributed by atoms with Gasteiger partial charge < -0.3 is 4.74 Å². The summed E-state index contributed by atoms with van der Waals surface area (Å²) < 4.78 is 7.28. The maximum absolute atomic E-state index is 12.1. The molecule has 0 amide bonds. The number of carbonyl (C=O) groups excluding carboxylic acids is 1. The molecule has 1 aromatic rings. The molecule has 0 N–H and O–H groups in total. The number of ether oxygens (including phenoxy) is 1. The van der Waals surface area contributed by atoms with Gasteiger partial charge in [-0.25, -0.2) is 9.67 Å². The Labute approximate surface area is 109 Å². The molecular formula is C13H23N3O2. The van der Waals surface area contributed by atoms with E-state index < -0.39 is 0 Å². The van der Waals surface area contributed by atoms with Crippen molar-refractivity contribution in [3.05, 3.63) is 12.2 Å². The fourth-order valence-electron chi connectivity index (χ4n) is 1.89.